The maximum atomic E-state index is 11.8. The Labute approximate surface area is 113 Å². The lowest BCUT2D eigenvalue weighted by Gasteiger charge is -2.16. The zero-order valence-electron chi connectivity index (χ0n) is 10.3. The van der Waals surface area contributed by atoms with Crippen molar-refractivity contribution in [2.75, 3.05) is 6.54 Å². The Kier molecular flexibility index (Phi) is 3.94. The SMILES string of the molecule is O=C(O[C@@H]1CCN[C@@H]1C(=O)O)c1ccc([N+](=O)[O-])cc1. The van der Waals surface area contributed by atoms with Gasteiger partial charge in [-0.1, -0.05) is 0 Å². The Morgan fingerprint density at radius 3 is 2.55 bits per heavy atom. The monoisotopic (exact) mass is 280 g/mol. The van der Waals surface area contributed by atoms with Crippen LogP contribution in [0.15, 0.2) is 24.3 Å². The van der Waals surface area contributed by atoms with Gasteiger partial charge in [-0.05, 0) is 25.1 Å². The second-order valence-electron chi connectivity index (χ2n) is 4.31. The normalized spacial score (nSPS) is 21.4. The Morgan fingerprint density at radius 2 is 2.00 bits per heavy atom. The van der Waals surface area contributed by atoms with Gasteiger partial charge in [0.25, 0.3) is 5.69 Å². The van der Waals surface area contributed by atoms with Crippen LogP contribution in [0.2, 0.25) is 0 Å². The molecule has 0 aliphatic carbocycles. The maximum absolute atomic E-state index is 11.8. The number of nitrogens with zero attached hydrogens (tertiary/aromatic N) is 1. The summed E-state index contributed by atoms with van der Waals surface area (Å²) >= 11 is 0. The van der Waals surface area contributed by atoms with E-state index >= 15 is 0 Å². The third-order valence-electron chi connectivity index (χ3n) is 3.00. The third kappa shape index (κ3) is 2.91. The predicted molar refractivity (Wildman–Crippen MR) is 66.3 cm³/mol. The van der Waals surface area contributed by atoms with E-state index in [-0.39, 0.29) is 11.3 Å². The third-order valence-corrected chi connectivity index (χ3v) is 3.00. The first-order chi connectivity index (χ1) is 9.49. The number of esters is 1. The van der Waals surface area contributed by atoms with E-state index in [0.717, 1.165) is 0 Å². The topological polar surface area (TPSA) is 119 Å². The molecule has 0 saturated carbocycles. The summed E-state index contributed by atoms with van der Waals surface area (Å²) < 4.78 is 5.12. The maximum Gasteiger partial charge on any atom is 0.338 e. The van der Waals surface area contributed by atoms with Crippen molar-refractivity contribution in [3.05, 3.63) is 39.9 Å². The summed E-state index contributed by atoms with van der Waals surface area (Å²) in [4.78, 5) is 32.7. The number of rotatable bonds is 4. The van der Waals surface area contributed by atoms with Gasteiger partial charge in [0.15, 0.2) is 0 Å². The molecule has 2 N–H and O–H groups in total. The fourth-order valence-corrected chi connectivity index (χ4v) is 1.98. The van der Waals surface area contributed by atoms with Gasteiger partial charge in [-0.25, -0.2) is 4.79 Å². The van der Waals surface area contributed by atoms with E-state index in [1.54, 1.807) is 0 Å². The number of carbonyl (C=O) groups excluding carboxylic acids is 1. The molecule has 1 fully saturated rings. The zero-order chi connectivity index (χ0) is 14.7. The van der Waals surface area contributed by atoms with Gasteiger partial charge in [0.2, 0.25) is 0 Å². The Bertz CT molecular complexity index is 541. The van der Waals surface area contributed by atoms with Crippen molar-refractivity contribution in [1.29, 1.82) is 0 Å². The average molecular weight is 280 g/mol. The number of hydrogen-bond acceptors (Lipinski definition) is 6. The van der Waals surface area contributed by atoms with Crippen LogP contribution in [0.1, 0.15) is 16.8 Å². The molecule has 1 aliphatic rings. The molecule has 1 aromatic carbocycles. The molecular formula is C12H12N2O6. The fraction of sp³-hybridized carbons (Fsp3) is 0.333. The first-order valence-electron chi connectivity index (χ1n) is 5.90. The number of ether oxygens (including phenoxy) is 1. The van der Waals surface area contributed by atoms with E-state index in [9.17, 15) is 19.7 Å². The molecule has 0 spiro atoms. The van der Waals surface area contributed by atoms with Gasteiger partial charge in [0.1, 0.15) is 12.1 Å². The molecular weight excluding hydrogens is 268 g/mol. The van der Waals surface area contributed by atoms with Crippen LogP contribution >= 0.6 is 0 Å². The molecule has 2 atom stereocenters. The van der Waals surface area contributed by atoms with Crippen LogP contribution in [0.4, 0.5) is 5.69 Å². The molecule has 20 heavy (non-hydrogen) atoms. The van der Waals surface area contributed by atoms with Crippen LogP contribution in [0.25, 0.3) is 0 Å². The van der Waals surface area contributed by atoms with E-state index in [0.29, 0.717) is 13.0 Å². The molecule has 0 bridgehead atoms. The van der Waals surface area contributed by atoms with Crippen LogP contribution in [0.3, 0.4) is 0 Å². The van der Waals surface area contributed by atoms with Crippen LogP contribution in [-0.4, -0.2) is 40.7 Å². The number of carbonyl (C=O) groups is 2. The highest BCUT2D eigenvalue weighted by Gasteiger charge is 2.35. The summed E-state index contributed by atoms with van der Waals surface area (Å²) in [5.74, 6) is -1.77. The van der Waals surface area contributed by atoms with Gasteiger partial charge < -0.3 is 15.2 Å². The molecule has 0 amide bonds. The smallest absolute Gasteiger partial charge is 0.338 e. The first kappa shape index (κ1) is 13.9. The minimum absolute atomic E-state index is 0.132. The van der Waals surface area contributed by atoms with Gasteiger partial charge in [-0.15, -0.1) is 0 Å². The Hall–Kier alpha value is -2.48. The van der Waals surface area contributed by atoms with Gasteiger partial charge in [0.05, 0.1) is 10.5 Å². The minimum Gasteiger partial charge on any atom is -0.480 e. The average Bonchev–Trinajstić information content (AvgIpc) is 2.87. The lowest BCUT2D eigenvalue weighted by atomic mass is 10.1. The van der Waals surface area contributed by atoms with E-state index in [2.05, 4.69) is 5.32 Å². The Morgan fingerprint density at radius 1 is 1.35 bits per heavy atom. The number of aliphatic carboxylic acids is 1. The number of nitro benzene ring substituents is 1. The number of nitro groups is 1. The zero-order valence-corrected chi connectivity index (χ0v) is 10.3. The standard InChI is InChI=1S/C12H12N2O6/c15-11(16)10-9(5-6-13-10)20-12(17)7-1-3-8(4-2-7)14(18)19/h1-4,9-10,13H,5-6H2,(H,15,16)/t9-,10+/m1/s1. The second-order valence-corrected chi connectivity index (χ2v) is 4.31. The van der Waals surface area contributed by atoms with E-state index in [4.69, 9.17) is 9.84 Å². The summed E-state index contributed by atoms with van der Waals surface area (Å²) in [6.07, 6.45) is -0.328. The molecule has 0 radical (unpaired) electrons. The van der Waals surface area contributed by atoms with Gasteiger partial charge in [0, 0.05) is 12.1 Å². The molecule has 1 aromatic rings. The van der Waals surface area contributed by atoms with E-state index in [1.807, 2.05) is 0 Å². The highest BCUT2D eigenvalue weighted by molar-refractivity contribution is 5.90. The van der Waals surface area contributed by atoms with Crippen LogP contribution < -0.4 is 5.32 Å². The summed E-state index contributed by atoms with van der Waals surface area (Å²) in [7, 11) is 0. The van der Waals surface area contributed by atoms with Crippen molar-refractivity contribution in [1.82, 2.24) is 5.32 Å². The second kappa shape index (κ2) is 5.66. The largest absolute Gasteiger partial charge is 0.480 e. The number of nitrogens with one attached hydrogen (secondary N) is 1. The van der Waals surface area contributed by atoms with E-state index in [1.165, 1.54) is 24.3 Å². The number of non-ortho nitro benzene ring substituents is 1. The minimum atomic E-state index is -1.08. The van der Waals surface area contributed by atoms with Crippen molar-refractivity contribution in [3.63, 3.8) is 0 Å². The fourth-order valence-electron chi connectivity index (χ4n) is 1.98. The van der Waals surface area contributed by atoms with Crippen molar-refractivity contribution in [2.45, 2.75) is 18.6 Å². The molecule has 106 valence electrons. The summed E-state index contributed by atoms with van der Waals surface area (Å²) in [5.41, 5.74) is 0.0131. The predicted octanol–water partition coefficient (Wildman–Crippen LogP) is 0.567. The van der Waals surface area contributed by atoms with Gasteiger partial charge in [-0.2, -0.15) is 0 Å². The van der Waals surface area contributed by atoms with Gasteiger partial charge >= 0.3 is 11.9 Å². The molecule has 1 heterocycles. The number of carboxylic acid groups (broad SMARTS) is 1. The molecule has 2 rings (SSSR count). The van der Waals surface area contributed by atoms with Crippen LogP contribution in [-0.2, 0) is 9.53 Å². The summed E-state index contributed by atoms with van der Waals surface area (Å²) in [6, 6.07) is 4.02. The molecule has 0 unspecified atom stereocenters. The molecule has 8 nitrogen and oxygen atoms in total. The van der Waals surface area contributed by atoms with Crippen molar-refractivity contribution in [2.24, 2.45) is 0 Å². The van der Waals surface area contributed by atoms with Gasteiger partial charge in [-0.3, -0.25) is 14.9 Å². The molecule has 1 aliphatic heterocycles. The van der Waals surface area contributed by atoms with Crippen LogP contribution in [0, 0.1) is 10.1 Å². The van der Waals surface area contributed by atoms with Crippen molar-refractivity contribution >= 4 is 17.6 Å². The molecule has 8 heteroatoms. The highest BCUT2D eigenvalue weighted by atomic mass is 16.6. The lowest BCUT2D eigenvalue weighted by molar-refractivity contribution is -0.384. The quantitative estimate of drug-likeness (QED) is 0.470. The summed E-state index contributed by atoms with van der Waals surface area (Å²) in [5, 5.41) is 22.2. The number of benzene rings is 1. The van der Waals surface area contributed by atoms with Crippen molar-refractivity contribution in [3.8, 4) is 0 Å². The number of hydrogen-bond donors (Lipinski definition) is 2. The number of carboxylic acids is 1. The molecule has 0 aromatic heterocycles. The summed E-state index contributed by atoms with van der Waals surface area (Å²) in [6.45, 7) is 0.454. The van der Waals surface area contributed by atoms with Crippen LogP contribution in [0.5, 0.6) is 0 Å². The van der Waals surface area contributed by atoms with Crippen molar-refractivity contribution < 1.29 is 24.4 Å². The molecule has 1 saturated heterocycles. The highest BCUT2D eigenvalue weighted by Crippen LogP contribution is 2.17. The lowest BCUT2D eigenvalue weighted by Crippen LogP contribution is -2.40. The Balaban J connectivity index is 2.04. The first-order valence-corrected chi connectivity index (χ1v) is 5.90. The van der Waals surface area contributed by atoms with E-state index < -0.39 is 29.0 Å².